The third-order valence-electron chi connectivity index (χ3n) is 5.26. The van der Waals surface area contributed by atoms with Crippen molar-refractivity contribution in [1.82, 2.24) is 9.55 Å². The van der Waals surface area contributed by atoms with E-state index in [0.29, 0.717) is 65.3 Å². The molecule has 1 aromatic carbocycles. The van der Waals surface area contributed by atoms with Crippen LogP contribution in [-0.2, 0) is 31.9 Å². The van der Waals surface area contributed by atoms with E-state index in [1.54, 1.807) is 4.57 Å². The molecule has 1 fully saturated rings. The van der Waals surface area contributed by atoms with Gasteiger partial charge in [-0.2, -0.15) is 4.98 Å². The first-order valence-electron chi connectivity index (χ1n) is 11.0. The van der Waals surface area contributed by atoms with Crippen molar-refractivity contribution in [3.63, 3.8) is 0 Å². The number of nitrogens with zero attached hydrogens (tertiary/aromatic N) is 2. The van der Waals surface area contributed by atoms with E-state index in [0.717, 1.165) is 28.8 Å². The van der Waals surface area contributed by atoms with Crippen LogP contribution >= 0.6 is 0 Å². The number of ether oxygens (including phenoxy) is 5. The third-order valence-corrected chi connectivity index (χ3v) is 5.26. The minimum Gasteiger partial charge on any atom is -0.475 e. The second-order valence-electron chi connectivity index (χ2n) is 7.47. The van der Waals surface area contributed by atoms with Gasteiger partial charge in [-0.3, -0.25) is 4.57 Å². The molecule has 0 spiro atoms. The first-order chi connectivity index (χ1) is 15.7. The summed E-state index contributed by atoms with van der Waals surface area (Å²) in [5.41, 5.74) is 3.57. The maximum Gasteiger partial charge on any atom is 0.351 e. The smallest absolute Gasteiger partial charge is 0.351 e. The number of hydrogen-bond donors (Lipinski definition) is 0. The Morgan fingerprint density at radius 2 is 2.12 bits per heavy atom. The summed E-state index contributed by atoms with van der Waals surface area (Å²) in [5, 5.41) is 0. The van der Waals surface area contributed by atoms with E-state index in [-0.39, 0.29) is 11.8 Å². The zero-order chi connectivity index (χ0) is 22.2. The van der Waals surface area contributed by atoms with Gasteiger partial charge in [0.1, 0.15) is 19.3 Å². The van der Waals surface area contributed by atoms with E-state index in [9.17, 15) is 4.79 Å². The molecule has 0 amide bonds. The van der Waals surface area contributed by atoms with Crippen molar-refractivity contribution < 1.29 is 23.7 Å². The molecule has 1 aromatic heterocycles. The van der Waals surface area contributed by atoms with Gasteiger partial charge >= 0.3 is 5.69 Å². The zero-order valence-corrected chi connectivity index (χ0v) is 18.3. The molecule has 32 heavy (non-hydrogen) atoms. The summed E-state index contributed by atoms with van der Waals surface area (Å²) in [4.78, 5) is 16.6. The molecule has 8 nitrogen and oxygen atoms in total. The molecule has 1 atom stereocenters. The third kappa shape index (κ3) is 5.75. The summed E-state index contributed by atoms with van der Waals surface area (Å²) < 4.78 is 29.1. The Balaban J connectivity index is 1.44. The second-order valence-corrected chi connectivity index (χ2v) is 7.47. The normalized spacial score (nSPS) is 17.1. The van der Waals surface area contributed by atoms with E-state index < -0.39 is 0 Å². The zero-order valence-electron chi connectivity index (χ0n) is 18.3. The van der Waals surface area contributed by atoms with Crippen LogP contribution in [0.2, 0.25) is 0 Å². The highest BCUT2D eigenvalue weighted by Crippen LogP contribution is 2.30. The number of fused-ring (bicyclic) bond motifs is 3. The summed E-state index contributed by atoms with van der Waals surface area (Å²) in [6.45, 7) is 6.62. The van der Waals surface area contributed by atoms with Gasteiger partial charge in [0.05, 0.1) is 38.7 Å². The number of aryl methyl sites for hydroxylation is 1. The van der Waals surface area contributed by atoms with E-state index in [1.165, 1.54) is 0 Å². The predicted molar refractivity (Wildman–Crippen MR) is 118 cm³/mol. The van der Waals surface area contributed by atoms with Gasteiger partial charge in [0, 0.05) is 30.3 Å². The minimum atomic E-state index is -0.308. The van der Waals surface area contributed by atoms with Gasteiger partial charge < -0.3 is 23.7 Å². The molecule has 170 valence electrons. The van der Waals surface area contributed by atoms with Gasteiger partial charge in [-0.15, -0.1) is 0 Å². The number of aromatic nitrogens is 2. The molecule has 4 rings (SSSR count). The molecule has 1 unspecified atom stereocenters. The van der Waals surface area contributed by atoms with Crippen LogP contribution < -0.4 is 10.4 Å². The fraction of sp³-hybridized carbons (Fsp3) is 0.500. The quantitative estimate of drug-likeness (QED) is 0.456. The van der Waals surface area contributed by atoms with Crippen molar-refractivity contribution in [1.29, 1.82) is 0 Å². The molecule has 0 bridgehead atoms. The van der Waals surface area contributed by atoms with E-state index in [2.05, 4.69) is 22.9 Å². The molecule has 0 N–H and O–H groups in total. The van der Waals surface area contributed by atoms with Crippen LogP contribution in [0.5, 0.6) is 5.88 Å². The van der Waals surface area contributed by atoms with Crippen LogP contribution in [0.15, 0.2) is 29.1 Å². The topological polar surface area (TPSA) is 81.0 Å². The van der Waals surface area contributed by atoms with Gasteiger partial charge in [-0.25, -0.2) is 4.79 Å². The lowest BCUT2D eigenvalue weighted by Crippen LogP contribution is -2.34. The largest absolute Gasteiger partial charge is 0.475 e. The second kappa shape index (κ2) is 11.2. The van der Waals surface area contributed by atoms with Gasteiger partial charge in [-0.05, 0) is 31.0 Å². The SMILES string of the molecule is CCOCCOCC#Cc1ccc2c(c1)CCn1c-2cc(OCC2COCCO2)nc1=O. The van der Waals surface area contributed by atoms with Gasteiger partial charge in [-0.1, -0.05) is 17.9 Å². The van der Waals surface area contributed by atoms with Crippen molar-refractivity contribution >= 4 is 0 Å². The molecule has 3 heterocycles. The van der Waals surface area contributed by atoms with Crippen molar-refractivity contribution in [3.8, 4) is 29.0 Å². The molecule has 1 saturated heterocycles. The first kappa shape index (κ1) is 22.5. The molecule has 2 aliphatic rings. The highest BCUT2D eigenvalue weighted by molar-refractivity contribution is 5.67. The molecular weight excluding hydrogens is 412 g/mol. The Morgan fingerprint density at radius 1 is 1.22 bits per heavy atom. The molecular formula is C24H28N2O6. The van der Waals surface area contributed by atoms with Crippen LogP contribution in [0.1, 0.15) is 18.1 Å². The molecule has 0 aliphatic carbocycles. The average molecular weight is 440 g/mol. The maximum atomic E-state index is 12.6. The monoisotopic (exact) mass is 440 g/mol. The Morgan fingerprint density at radius 3 is 2.97 bits per heavy atom. The van der Waals surface area contributed by atoms with Crippen LogP contribution in [0.4, 0.5) is 0 Å². The van der Waals surface area contributed by atoms with E-state index in [1.807, 2.05) is 25.1 Å². The van der Waals surface area contributed by atoms with Crippen LogP contribution in [0.3, 0.4) is 0 Å². The standard InChI is InChI=1S/C24H28N2O6/c1-2-28-10-11-29-9-3-4-18-5-6-21-19(14-18)7-8-26-22(21)15-23(25-24(26)27)32-17-20-16-30-12-13-31-20/h5-6,14-15,20H,2,7-13,16-17H2,1H3. The summed E-state index contributed by atoms with van der Waals surface area (Å²) in [6.07, 6.45) is 0.596. The molecule has 2 aliphatic heterocycles. The first-order valence-corrected chi connectivity index (χ1v) is 11.0. The maximum absolute atomic E-state index is 12.6. The number of hydrogen-bond acceptors (Lipinski definition) is 7. The van der Waals surface area contributed by atoms with Crippen molar-refractivity contribution in [3.05, 3.63) is 45.9 Å². The number of benzene rings is 1. The van der Waals surface area contributed by atoms with Crippen molar-refractivity contribution in [2.24, 2.45) is 0 Å². The lowest BCUT2D eigenvalue weighted by molar-refractivity contribution is -0.102. The average Bonchev–Trinajstić information content (AvgIpc) is 2.82. The Bertz CT molecular complexity index is 1030. The van der Waals surface area contributed by atoms with Crippen LogP contribution in [-0.4, -0.2) is 68.5 Å². The Kier molecular flexibility index (Phi) is 7.91. The lowest BCUT2D eigenvalue weighted by Gasteiger charge is -2.24. The van der Waals surface area contributed by atoms with Crippen molar-refractivity contribution in [2.75, 3.05) is 52.9 Å². The van der Waals surface area contributed by atoms with Crippen LogP contribution in [0.25, 0.3) is 11.3 Å². The fourth-order valence-electron chi connectivity index (χ4n) is 3.69. The number of rotatable bonds is 8. The molecule has 8 heteroatoms. The summed E-state index contributed by atoms with van der Waals surface area (Å²) >= 11 is 0. The fourth-order valence-corrected chi connectivity index (χ4v) is 3.69. The predicted octanol–water partition coefficient (Wildman–Crippen LogP) is 1.67. The van der Waals surface area contributed by atoms with Gasteiger partial charge in [0.25, 0.3) is 0 Å². The molecule has 0 saturated carbocycles. The molecule has 2 aromatic rings. The highest BCUT2D eigenvalue weighted by atomic mass is 16.6. The minimum absolute atomic E-state index is 0.152. The van der Waals surface area contributed by atoms with E-state index in [4.69, 9.17) is 23.7 Å². The van der Waals surface area contributed by atoms with Gasteiger partial charge in [0.2, 0.25) is 5.88 Å². The lowest BCUT2D eigenvalue weighted by atomic mass is 9.95. The molecule has 0 radical (unpaired) electrons. The Hall–Kier alpha value is -2.70. The summed E-state index contributed by atoms with van der Waals surface area (Å²) in [6, 6.07) is 7.85. The Labute approximate surface area is 187 Å². The van der Waals surface area contributed by atoms with Crippen molar-refractivity contribution in [2.45, 2.75) is 26.0 Å². The van der Waals surface area contributed by atoms with Crippen LogP contribution in [0, 0.1) is 11.8 Å². The van der Waals surface area contributed by atoms with Gasteiger partial charge in [0.15, 0.2) is 0 Å². The van der Waals surface area contributed by atoms with E-state index >= 15 is 0 Å². The summed E-state index contributed by atoms with van der Waals surface area (Å²) in [5.74, 6) is 6.48. The highest BCUT2D eigenvalue weighted by Gasteiger charge is 2.20. The summed E-state index contributed by atoms with van der Waals surface area (Å²) in [7, 11) is 0.